The maximum absolute atomic E-state index is 11.2. The van der Waals surface area contributed by atoms with Crippen molar-refractivity contribution in [2.24, 2.45) is 0 Å². The summed E-state index contributed by atoms with van der Waals surface area (Å²) in [6.07, 6.45) is 0. The first kappa shape index (κ1) is 8.01. The van der Waals surface area contributed by atoms with E-state index in [0.717, 1.165) is 0 Å². The Morgan fingerprint density at radius 3 is 2.40 bits per heavy atom. The zero-order valence-corrected chi connectivity index (χ0v) is 7.11. The maximum Gasteiger partial charge on any atom is 0.155 e. The third-order valence-electron chi connectivity index (χ3n) is 1.85. The number of sulfone groups is 1. The Labute approximate surface area is 61.7 Å². The molecule has 0 aromatic heterocycles. The highest BCUT2D eigenvalue weighted by molar-refractivity contribution is 7.92. The van der Waals surface area contributed by atoms with E-state index >= 15 is 0 Å². The minimum absolute atomic E-state index is 0.126. The zero-order valence-electron chi connectivity index (χ0n) is 6.29. The van der Waals surface area contributed by atoms with Gasteiger partial charge in [0.15, 0.2) is 9.84 Å². The largest absolute Gasteiger partial charge is 0.312 e. The maximum atomic E-state index is 11.2. The Morgan fingerprint density at radius 1 is 1.40 bits per heavy atom. The van der Waals surface area contributed by atoms with E-state index in [-0.39, 0.29) is 17.0 Å². The lowest BCUT2D eigenvalue weighted by molar-refractivity contribution is 0.510. The second-order valence-corrected chi connectivity index (χ2v) is 5.41. The minimum atomic E-state index is -2.77. The summed E-state index contributed by atoms with van der Waals surface area (Å²) >= 11 is 0. The van der Waals surface area contributed by atoms with Gasteiger partial charge in [0, 0.05) is 12.6 Å². The van der Waals surface area contributed by atoms with Gasteiger partial charge in [-0.25, -0.2) is 8.42 Å². The van der Waals surface area contributed by atoms with E-state index in [0.29, 0.717) is 6.54 Å². The molecule has 1 N–H and O–H groups in total. The molecule has 0 bridgehead atoms. The minimum Gasteiger partial charge on any atom is -0.312 e. The topological polar surface area (TPSA) is 46.2 Å². The van der Waals surface area contributed by atoms with Crippen molar-refractivity contribution in [2.75, 3.05) is 12.3 Å². The van der Waals surface area contributed by atoms with Crippen LogP contribution in [-0.2, 0) is 9.84 Å². The van der Waals surface area contributed by atoms with Crippen molar-refractivity contribution < 1.29 is 8.42 Å². The first-order chi connectivity index (χ1) is 4.52. The molecule has 10 heavy (non-hydrogen) atoms. The molecule has 1 aliphatic rings. The Balaban J connectivity index is 2.74. The third-order valence-corrected chi connectivity index (χ3v) is 4.21. The molecule has 1 aliphatic heterocycles. The molecule has 2 unspecified atom stereocenters. The molecule has 0 amide bonds. The fourth-order valence-corrected chi connectivity index (χ4v) is 2.56. The van der Waals surface area contributed by atoms with E-state index in [1.807, 2.05) is 6.92 Å². The molecule has 0 aromatic rings. The molecule has 2 atom stereocenters. The molecule has 4 heteroatoms. The fourth-order valence-electron chi connectivity index (χ4n) is 1.07. The van der Waals surface area contributed by atoms with Crippen molar-refractivity contribution in [1.29, 1.82) is 0 Å². The second-order valence-electron chi connectivity index (χ2n) is 2.95. The van der Waals surface area contributed by atoms with Crippen LogP contribution in [0.1, 0.15) is 13.8 Å². The highest BCUT2D eigenvalue weighted by Gasteiger charge is 2.27. The van der Waals surface area contributed by atoms with Gasteiger partial charge >= 0.3 is 0 Å². The molecule has 1 heterocycles. The van der Waals surface area contributed by atoms with Gasteiger partial charge in [0.05, 0.1) is 11.0 Å². The van der Waals surface area contributed by atoms with Gasteiger partial charge in [0.1, 0.15) is 0 Å². The molecule has 3 nitrogen and oxygen atoms in total. The first-order valence-corrected chi connectivity index (χ1v) is 5.19. The van der Waals surface area contributed by atoms with Crippen molar-refractivity contribution >= 4 is 9.84 Å². The summed E-state index contributed by atoms with van der Waals surface area (Å²) in [5.41, 5.74) is 0. The van der Waals surface area contributed by atoms with E-state index in [1.54, 1.807) is 6.92 Å². The summed E-state index contributed by atoms with van der Waals surface area (Å²) in [7, 11) is -2.77. The van der Waals surface area contributed by atoms with Gasteiger partial charge in [-0.2, -0.15) is 0 Å². The summed E-state index contributed by atoms with van der Waals surface area (Å²) in [6.45, 7) is 4.24. The molecule has 1 rings (SSSR count). The Kier molecular flexibility index (Phi) is 2.01. The average molecular weight is 163 g/mol. The second kappa shape index (κ2) is 2.51. The molecule has 1 saturated heterocycles. The van der Waals surface area contributed by atoms with Crippen molar-refractivity contribution in [2.45, 2.75) is 25.1 Å². The molecule has 0 radical (unpaired) electrons. The highest BCUT2D eigenvalue weighted by atomic mass is 32.2. The molecular formula is C6H13NO2S. The van der Waals surface area contributed by atoms with Crippen molar-refractivity contribution in [3.63, 3.8) is 0 Å². The predicted molar refractivity (Wildman–Crippen MR) is 40.7 cm³/mol. The van der Waals surface area contributed by atoms with Crippen LogP contribution in [0.15, 0.2) is 0 Å². The molecule has 0 spiro atoms. The fraction of sp³-hybridized carbons (Fsp3) is 1.00. The first-order valence-electron chi connectivity index (χ1n) is 3.47. The smallest absolute Gasteiger partial charge is 0.155 e. The van der Waals surface area contributed by atoms with Crippen LogP contribution in [0.25, 0.3) is 0 Å². The van der Waals surface area contributed by atoms with E-state index < -0.39 is 9.84 Å². The molecule has 60 valence electrons. The van der Waals surface area contributed by atoms with Crippen LogP contribution >= 0.6 is 0 Å². The Morgan fingerprint density at radius 2 is 2.00 bits per heavy atom. The van der Waals surface area contributed by atoms with Gasteiger partial charge in [-0.3, -0.25) is 0 Å². The average Bonchev–Trinajstić information content (AvgIpc) is 1.78. The van der Waals surface area contributed by atoms with Gasteiger partial charge in [0.25, 0.3) is 0 Å². The summed E-state index contributed by atoms with van der Waals surface area (Å²) in [5, 5.41) is 2.90. The lowest BCUT2D eigenvalue weighted by atomic mass is 10.3. The standard InChI is InChI=1S/C6H13NO2S/c1-5-4-10(8,9)6(2)3-7-5/h5-7H,3-4H2,1-2H3. The van der Waals surface area contributed by atoms with Crippen LogP contribution in [0.5, 0.6) is 0 Å². The van der Waals surface area contributed by atoms with Gasteiger partial charge in [-0.05, 0) is 13.8 Å². The molecule has 0 saturated carbocycles. The lowest BCUT2D eigenvalue weighted by Gasteiger charge is -2.24. The van der Waals surface area contributed by atoms with Crippen LogP contribution in [0.2, 0.25) is 0 Å². The van der Waals surface area contributed by atoms with E-state index in [1.165, 1.54) is 0 Å². The molecule has 0 aliphatic carbocycles. The third kappa shape index (κ3) is 1.49. The van der Waals surface area contributed by atoms with Crippen LogP contribution < -0.4 is 5.32 Å². The van der Waals surface area contributed by atoms with Crippen LogP contribution in [0, 0.1) is 0 Å². The van der Waals surface area contributed by atoms with E-state index in [9.17, 15) is 8.42 Å². The highest BCUT2D eigenvalue weighted by Crippen LogP contribution is 2.08. The quantitative estimate of drug-likeness (QED) is 0.537. The SMILES string of the molecule is CC1CS(=O)(=O)C(C)CN1. The number of hydrogen-bond acceptors (Lipinski definition) is 3. The molecule has 0 aromatic carbocycles. The van der Waals surface area contributed by atoms with Gasteiger partial charge in [0.2, 0.25) is 0 Å². The number of rotatable bonds is 0. The van der Waals surface area contributed by atoms with Gasteiger partial charge in [-0.1, -0.05) is 0 Å². The van der Waals surface area contributed by atoms with Gasteiger partial charge < -0.3 is 5.32 Å². The summed E-state index contributed by atoms with van der Waals surface area (Å²) in [6, 6.07) is 0.126. The van der Waals surface area contributed by atoms with Crippen LogP contribution in [0.4, 0.5) is 0 Å². The Bertz CT molecular complexity index is 210. The summed E-state index contributed by atoms with van der Waals surface area (Å²) in [5.74, 6) is 0.286. The summed E-state index contributed by atoms with van der Waals surface area (Å²) in [4.78, 5) is 0. The number of hydrogen-bond donors (Lipinski definition) is 1. The Hall–Kier alpha value is -0.0900. The van der Waals surface area contributed by atoms with E-state index in [2.05, 4.69) is 5.32 Å². The van der Waals surface area contributed by atoms with Crippen molar-refractivity contribution in [3.8, 4) is 0 Å². The zero-order chi connectivity index (χ0) is 7.78. The monoisotopic (exact) mass is 163 g/mol. The molecule has 1 fully saturated rings. The van der Waals surface area contributed by atoms with Gasteiger partial charge in [-0.15, -0.1) is 0 Å². The predicted octanol–water partition coefficient (Wildman–Crippen LogP) is -0.219. The normalized spacial score (nSPS) is 39.4. The van der Waals surface area contributed by atoms with Crippen molar-refractivity contribution in [1.82, 2.24) is 5.32 Å². The van der Waals surface area contributed by atoms with Crippen LogP contribution in [-0.4, -0.2) is 32.0 Å². The molecular weight excluding hydrogens is 150 g/mol. The lowest BCUT2D eigenvalue weighted by Crippen LogP contribution is -2.47. The van der Waals surface area contributed by atoms with Crippen molar-refractivity contribution in [3.05, 3.63) is 0 Å². The van der Waals surface area contributed by atoms with Crippen LogP contribution in [0.3, 0.4) is 0 Å². The summed E-state index contributed by atoms with van der Waals surface area (Å²) < 4.78 is 22.3. The van der Waals surface area contributed by atoms with E-state index in [4.69, 9.17) is 0 Å². The number of nitrogens with one attached hydrogen (secondary N) is 1.